The summed E-state index contributed by atoms with van der Waals surface area (Å²) in [4.78, 5) is 19.4. The van der Waals surface area contributed by atoms with E-state index in [0.29, 0.717) is 11.3 Å². The molecule has 0 bridgehead atoms. The van der Waals surface area contributed by atoms with Crippen molar-refractivity contribution in [3.63, 3.8) is 0 Å². The molecule has 2 N–H and O–H groups in total. The number of aromatic nitrogens is 2. The van der Waals surface area contributed by atoms with Crippen LogP contribution in [0.2, 0.25) is 0 Å². The Bertz CT molecular complexity index is 1280. The number of nitrogens with one attached hydrogen (secondary N) is 2. The summed E-state index contributed by atoms with van der Waals surface area (Å²) in [5, 5.41) is 1.81. The normalized spacial score (nSPS) is 11.3. The van der Waals surface area contributed by atoms with Crippen molar-refractivity contribution < 1.29 is 9.18 Å². The van der Waals surface area contributed by atoms with Gasteiger partial charge in [-0.1, -0.05) is 36.4 Å². The maximum absolute atomic E-state index is 13.4. The largest absolute Gasteiger partial charge is 0.355 e. The molecule has 0 aliphatic heterocycles. The number of aromatic amines is 2. The standard InChI is InChI=1S/C23H15FN2O/c24-18-8-9-20-17(11-18)13-21(25-20)14-5-3-6-16(10-14)23(27)22-12-15-4-1-2-7-19(15)26-22/h1-13,25-26H. The first-order valence-corrected chi connectivity index (χ1v) is 8.68. The van der Waals surface area contributed by atoms with Gasteiger partial charge in [0.05, 0.1) is 5.69 Å². The van der Waals surface area contributed by atoms with Crippen LogP contribution in [0.5, 0.6) is 0 Å². The van der Waals surface area contributed by atoms with Crippen LogP contribution in [-0.4, -0.2) is 15.8 Å². The minimum atomic E-state index is -0.268. The number of rotatable bonds is 3. The molecule has 3 aromatic carbocycles. The number of para-hydroxylation sites is 1. The lowest BCUT2D eigenvalue weighted by atomic mass is 10.0. The second-order valence-electron chi connectivity index (χ2n) is 6.59. The fraction of sp³-hybridized carbons (Fsp3) is 0. The monoisotopic (exact) mass is 354 g/mol. The van der Waals surface area contributed by atoms with Gasteiger partial charge in [0.1, 0.15) is 5.82 Å². The molecule has 5 aromatic rings. The molecule has 0 atom stereocenters. The molecular formula is C23H15FN2O. The van der Waals surface area contributed by atoms with Gasteiger partial charge in [0, 0.05) is 33.1 Å². The zero-order valence-corrected chi connectivity index (χ0v) is 14.3. The quantitative estimate of drug-likeness (QED) is 0.402. The Morgan fingerprint density at radius 2 is 1.59 bits per heavy atom. The van der Waals surface area contributed by atoms with Crippen molar-refractivity contribution >= 4 is 27.6 Å². The van der Waals surface area contributed by atoms with E-state index < -0.39 is 0 Å². The third kappa shape index (κ3) is 2.72. The first kappa shape index (κ1) is 15.6. The predicted molar refractivity (Wildman–Crippen MR) is 105 cm³/mol. The van der Waals surface area contributed by atoms with Gasteiger partial charge in [0.25, 0.3) is 0 Å². The maximum Gasteiger partial charge on any atom is 0.209 e. The van der Waals surface area contributed by atoms with Crippen molar-refractivity contribution in [3.05, 3.63) is 95.9 Å². The van der Waals surface area contributed by atoms with E-state index in [4.69, 9.17) is 0 Å². The molecule has 4 heteroatoms. The summed E-state index contributed by atoms with van der Waals surface area (Å²) in [6.07, 6.45) is 0. The molecule has 0 fully saturated rings. The summed E-state index contributed by atoms with van der Waals surface area (Å²) in [7, 11) is 0. The third-order valence-corrected chi connectivity index (χ3v) is 4.79. The molecule has 0 saturated heterocycles. The van der Waals surface area contributed by atoms with Crippen molar-refractivity contribution in [1.82, 2.24) is 9.97 Å². The van der Waals surface area contributed by atoms with E-state index in [-0.39, 0.29) is 11.6 Å². The Morgan fingerprint density at radius 1 is 0.741 bits per heavy atom. The average molecular weight is 354 g/mol. The van der Waals surface area contributed by atoms with E-state index in [1.807, 2.05) is 54.6 Å². The lowest BCUT2D eigenvalue weighted by Gasteiger charge is -2.02. The zero-order chi connectivity index (χ0) is 18.4. The number of hydrogen-bond acceptors (Lipinski definition) is 1. The summed E-state index contributed by atoms with van der Waals surface area (Å²) in [6.45, 7) is 0. The molecule has 130 valence electrons. The fourth-order valence-electron chi connectivity index (χ4n) is 3.44. The van der Waals surface area contributed by atoms with Gasteiger partial charge in [-0.25, -0.2) is 4.39 Å². The van der Waals surface area contributed by atoms with Crippen molar-refractivity contribution in [1.29, 1.82) is 0 Å². The highest BCUT2D eigenvalue weighted by molar-refractivity contribution is 6.10. The second-order valence-corrected chi connectivity index (χ2v) is 6.59. The van der Waals surface area contributed by atoms with Gasteiger partial charge >= 0.3 is 0 Å². The Kier molecular flexibility index (Phi) is 3.44. The van der Waals surface area contributed by atoms with Gasteiger partial charge in [-0.05, 0) is 48.0 Å². The molecule has 0 aliphatic rings. The van der Waals surface area contributed by atoms with Crippen LogP contribution in [0, 0.1) is 5.82 Å². The molecule has 0 saturated carbocycles. The van der Waals surface area contributed by atoms with E-state index in [0.717, 1.165) is 33.1 Å². The van der Waals surface area contributed by atoms with E-state index >= 15 is 0 Å². The van der Waals surface area contributed by atoms with E-state index in [9.17, 15) is 9.18 Å². The Morgan fingerprint density at radius 3 is 2.48 bits per heavy atom. The third-order valence-electron chi connectivity index (χ3n) is 4.79. The SMILES string of the molecule is O=C(c1cccc(-c2cc3cc(F)ccc3[nH]2)c1)c1cc2ccccc2[nH]1. The van der Waals surface area contributed by atoms with Gasteiger partial charge in [-0.3, -0.25) is 4.79 Å². The molecule has 3 nitrogen and oxygen atoms in total. The van der Waals surface area contributed by atoms with Gasteiger partial charge in [-0.2, -0.15) is 0 Å². The van der Waals surface area contributed by atoms with Crippen LogP contribution in [0.15, 0.2) is 78.9 Å². The summed E-state index contributed by atoms with van der Waals surface area (Å²) in [6, 6.07) is 23.7. The van der Waals surface area contributed by atoms with Gasteiger partial charge < -0.3 is 9.97 Å². The molecule has 2 aromatic heterocycles. The van der Waals surface area contributed by atoms with Crippen molar-refractivity contribution in [2.75, 3.05) is 0 Å². The Labute approximate surface area is 154 Å². The predicted octanol–water partition coefficient (Wildman–Crippen LogP) is 5.69. The molecule has 5 rings (SSSR count). The highest BCUT2D eigenvalue weighted by Crippen LogP contribution is 2.26. The van der Waals surface area contributed by atoms with Crippen LogP contribution in [0.4, 0.5) is 4.39 Å². The topological polar surface area (TPSA) is 48.6 Å². The highest BCUT2D eigenvalue weighted by Gasteiger charge is 2.13. The number of ketones is 1. The Hall–Kier alpha value is -3.66. The van der Waals surface area contributed by atoms with Crippen molar-refractivity contribution in [2.24, 2.45) is 0 Å². The van der Waals surface area contributed by atoms with Crippen LogP contribution in [0.1, 0.15) is 16.1 Å². The minimum absolute atomic E-state index is 0.0600. The van der Waals surface area contributed by atoms with Gasteiger partial charge in [0.2, 0.25) is 5.78 Å². The summed E-state index contributed by atoms with van der Waals surface area (Å²) in [5.41, 5.74) is 4.69. The van der Waals surface area contributed by atoms with Crippen LogP contribution in [0.25, 0.3) is 33.1 Å². The second kappa shape index (κ2) is 5.95. The molecule has 0 amide bonds. The molecule has 0 unspecified atom stereocenters. The number of fused-ring (bicyclic) bond motifs is 2. The van der Waals surface area contributed by atoms with E-state index in [1.165, 1.54) is 12.1 Å². The minimum Gasteiger partial charge on any atom is -0.355 e. The number of carbonyl (C=O) groups is 1. The molecule has 0 aliphatic carbocycles. The van der Waals surface area contributed by atoms with Crippen molar-refractivity contribution in [3.8, 4) is 11.3 Å². The molecule has 0 spiro atoms. The van der Waals surface area contributed by atoms with Crippen molar-refractivity contribution in [2.45, 2.75) is 0 Å². The highest BCUT2D eigenvalue weighted by atomic mass is 19.1. The van der Waals surface area contributed by atoms with E-state index in [1.54, 1.807) is 12.1 Å². The summed E-state index contributed by atoms with van der Waals surface area (Å²) >= 11 is 0. The van der Waals surface area contributed by atoms with E-state index in [2.05, 4.69) is 9.97 Å². The summed E-state index contributed by atoms with van der Waals surface area (Å²) in [5.74, 6) is -0.328. The molecule has 27 heavy (non-hydrogen) atoms. The fourth-order valence-corrected chi connectivity index (χ4v) is 3.44. The molecule has 0 radical (unpaired) electrons. The summed E-state index contributed by atoms with van der Waals surface area (Å²) < 4.78 is 13.4. The molecule has 2 heterocycles. The lowest BCUT2D eigenvalue weighted by Crippen LogP contribution is -2.01. The van der Waals surface area contributed by atoms with Crippen LogP contribution < -0.4 is 0 Å². The number of H-pyrrole nitrogens is 2. The van der Waals surface area contributed by atoms with Crippen LogP contribution in [0.3, 0.4) is 0 Å². The average Bonchev–Trinajstić information content (AvgIpc) is 3.31. The number of hydrogen-bond donors (Lipinski definition) is 2. The first-order chi connectivity index (χ1) is 13.2. The zero-order valence-electron chi connectivity index (χ0n) is 14.3. The van der Waals surface area contributed by atoms with Gasteiger partial charge in [0.15, 0.2) is 0 Å². The smallest absolute Gasteiger partial charge is 0.209 e. The maximum atomic E-state index is 13.4. The lowest BCUT2D eigenvalue weighted by molar-refractivity contribution is 0.103. The van der Waals surface area contributed by atoms with Gasteiger partial charge in [-0.15, -0.1) is 0 Å². The van der Waals surface area contributed by atoms with Crippen LogP contribution in [-0.2, 0) is 0 Å². The molecular weight excluding hydrogens is 339 g/mol. The Balaban J connectivity index is 1.55. The van der Waals surface area contributed by atoms with Crippen LogP contribution >= 0.6 is 0 Å². The number of halogens is 1. The number of benzene rings is 3. The first-order valence-electron chi connectivity index (χ1n) is 8.68. The number of carbonyl (C=O) groups excluding carboxylic acids is 1.